The zero-order valence-electron chi connectivity index (χ0n) is 18.5. The van der Waals surface area contributed by atoms with Gasteiger partial charge in [0.15, 0.2) is 11.5 Å². The van der Waals surface area contributed by atoms with E-state index in [2.05, 4.69) is 21.2 Å². The van der Waals surface area contributed by atoms with E-state index in [4.69, 9.17) is 25.5 Å². The Morgan fingerprint density at radius 2 is 1.86 bits per heavy atom. The average molecular weight is 560 g/mol. The number of imide groups is 2. The molecule has 2 aromatic carbocycles. The zero-order chi connectivity index (χ0) is 24.9. The number of carbonyl (C=O) groups excluding carboxylic acids is 3. The third-order valence-corrected chi connectivity index (χ3v) is 6.14. The van der Waals surface area contributed by atoms with E-state index < -0.39 is 17.8 Å². The molecule has 1 aromatic heterocycles. The molecule has 0 spiro atoms. The first-order valence-corrected chi connectivity index (χ1v) is 11.8. The molecule has 10 heteroatoms. The predicted octanol–water partition coefficient (Wildman–Crippen LogP) is 5.34. The standard InChI is InChI=1S/C25H20BrClN2O6/c1-2-33-21-11-16(19(26)12-22(21)35-14-15-6-3-4-8-20(15)27)10-18-23(30)28-25(32)29(24(18)31)13-17-7-5-9-34-17/h3-12H,2,13-14H2,1H3,(H,28,30,32)/b18-10+. The first kappa shape index (κ1) is 24.6. The summed E-state index contributed by atoms with van der Waals surface area (Å²) in [7, 11) is 0. The zero-order valence-corrected chi connectivity index (χ0v) is 20.9. The number of nitrogens with zero attached hydrogens (tertiary/aromatic N) is 1. The van der Waals surface area contributed by atoms with Gasteiger partial charge in [0.25, 0.3) is 11.8 Å². The van der Waals surface area contributed by atoms with E-state index in [1.165, 1.54) is 12.3 Å². The molecule has 1 fully saturated rings. The van der Waals surface area contributed by atoms with E-state index >= 15 is 0 Å². The first-order valence-electron chi connectivity index (χ1n) is 10.6. The number of amides is 4. The summed E-state index contributed by atoms with van der Waals surface area (Å²) in [4.78, 5) is 38.7. The van der Waals surface area contributed by atoms with Crippen molar-refractivity contribution >= 4 is 51.5 Å². The van der Waals surface area contributed by atoms with Crippen molar-refractivity contribution < 1.29 is 28.3 Å². The van der Waals surface area contributed by atoms with Gasteiger partial charge in [0, 0.05) is 15.1 Å². The number of ether oxygens (including phenoxy) is 2. The summed E-state index contributed by atoms with van der Waals surface area (Å²) in [6.07, 6.45) is 2.83. The summed E-state index contributed by atoms with van der Waals surface area (Å²) in [5.41, 5.74) is 1.10. The lowest BCUT2D eigenvalue weighted by Gasteiger charge is -2.25. The number of hydrogen-bond donors (Lipinski definition) is 1. The number of urea groups is 1. The molecular weight excluding hydrogens is 540 g/mol. The van der Waals surface area contributed by atoms with Crippen molar-refractivity contribution in [3.8, 4) is 11.5 Å². The molecule has 0 atom stereocenters. The minimum Gasteiger partial charge on any atom is -0.490 e. The molecule has 2 heterocycles. The lowest BCUT2D eigenvalue weighted by Crippen LogP contribution is -2.53. The van der Waals surface area contributed by atoms with Crippen molar-refractivity contribution in [2.45, 2.75) is 20.1 Å². The van der Waals surface area contributed by atoms with E-state index in [-0.39, 0.29) is 18.7 Å². The number of rotatable bonds is 8. The lowest BCUT2D eigenvalue weighted by atomic mass is 10.1. The molecular formula is C25H20BrClN2O6. The maximum Gasteiger partial charge on any atom is 0.331 e. The fraction of sp³-hybridized carbons (Fsp3) is 0.160. The summed E-state index contributed by atoms with van der Waals surface area (Å²) in [6, 6.07) is 13.1. The molecule has 4 rings (SSSR count). The van der Waals surface area contributed by atoms with Crippen LogP contribution >= 0.6 is 27.5 Å². The largest absolute Gasteiger partial charge is 0.490 e. The Balaban J connectivity index is 1.62. The SMILES string of the molecule is CCOc1cc(/C=C2\C(=O)NC(=O)N(Cc3ccco3)C2=O)c(Br)cc1OCc1ccccc1Cl. The molecule has 1 aliphatic heterocycles. The number of nitrogens with one attached hydrogen (secondary N) is 1. The van der Waals surface area contributed by atoms with Crippen LogP contribution in [-0.4, -0.2) is 29.4 Å². The van der Waals surface area contributed by atoms with Crippen LogP contribution in [0.15, 0.2) is 69.3 Å². The molecule has 1 saturated heterocycles. The fourth-order valence-corrected chi connectivity index (χ4v) is 3.99. The number of carbonyl (C=O) groups is 3. The van der Waals surface area contributed by atoms with Crippen LogP contribution in [0.5, 0.6) is 11.5 Å². The minimum atomic E-state index is -0.814. The normalized spacial score (nSPS) is 14.9. The fourth-order valence-electron chi connectivity index (χ4n) is 3.36. The van der Waals surface area contributed by atoms with Gasteiger partial charge in [-0.3, -0.25) is 19.8 Å². The maximum absolute atomic E-state index is 13.0. The minimum absolute atomic E-state index is 0.109. The summed E-state index contributed by atoms with van der Waals surface area (Å²) in [5.74, 6) is -0.252. The Morgan fingerprint density at radius 3 is 2.57 bits per heavy atom. The van der Waals surface area contributed by atoms with Crippen molar-refractivity contribution in [1.82, 2.24) is 10.2 Å². The maximum atomic E-state index is 13.0. The summed E-state index contributed by atoms with van der Waals surface area (Å²) in [6.45, 7) is 2.30. The smallest absolute Gasteiger partial charge is 0.331 e. The van der Waals surface area contributed by atoms with Gasteiger partial charge in [0.1, 0.15) is 17.9 Å². The summed E-state index contributed by atoms with van der Waals surface area (Å²) < 4.78 is 17.5. The van der Waals surface area contributed by atoms with Crippen molar-refractivity contribution in [2.75, 3.05) is 6.61 Å². The Morgan fingerprint density at radius 1 is 1.09 bits per heavy atom. The van der Waals surface area contributed by atoms with Crippen LogP contribution in [0.3, 0.4) is 0 Å². The van der Waals surface area contributed by atoms with Crippen molar-refractivity contribution in [3.63, 3.8) is 0 Å². The van der Waals surface area contributed by atoms with E-state index in [1.807, 2.05) is 25.1 Å². The molecule has 1 N–H and O–H groups in total. The average Bonchev–Trinajstić information content (AvgIpc) is 3.34. The number of barbiturate groups is 1. The molecule has 35 heavy (non-hydrogen) atoms. The van der Waals surface area contributed by atoms with E-state index in [9.17, 15) is 14.4 Å². The van der Waals surface area contributed by atoms with Crippen LogP contribution in [0.4, 0.5) is 4.79 Å². The highest BCUT2D eigenvalue weighted by molar-refractivity contribution is 9.10. The number of hydrogen-bond acceptors (Lipinski definition) is 6. The number of halogens is 2. The molecule has 0 bridgehead atoms. The number of benzene rings is 2. The second-order valence-corrected chi connectivity index (χ2v) is 8.68. The molecule has 4 amide bonds. The van der Waals surface area contributed by atoms with Crippen molar-refractivity contribution in [1.29, 1.82) is 0 Å². The van der Waals surface area contributed by atoms with E-state index in [0.717, 1.165) is 10.5 Å². The predicted molar refractivity (Wildman–Crippen MR) is 132 cm³/mol. The van der Waals surface area contributed by atoms with Crippen LogP contribution < -0.4 is 14.8 Å². The van der Waals surface area contributed by atoms with Gasteiger partial charge in [-0.15, -0.1) is 0 Å². The topological polar surface area (TPSA) is 98.1 Å². The van der Waals surface area contributed by atoms with Crippen LogP contribution in [-0.2, 0) is 22.7 Å². The summed E-state index contributed by atoms with van der Waals surface area (Å²) in [5, 5.41) is 2.78. The molecule has 3 aromatic rings. The highest BCUT2D eigenvalue weighted by Crippen LogP contribution is 2.36. The monoisotopic (exact) mass is 558 g/mol. The second kappa shape index (κ2) is 10.8. The molecule has 1 aliphatic rings. The number of furan rings is 1. The molecule has 0 radical (unpaired) electrons. The first-order chi connectivity index (χ1) is 16.9. The van der Waals surface area contributed by atoms with Crippen molar-refractivity contribution in [3.05, 3.63) is 86.7 Å². The van der Waals surface area contributed by atoms with E-state index in [0.29, 0.717) is 38.9 Å². The Hall–Kier alpha value is -3.56. The summed E-state index contributed by atoms with van der Waals surface area (Å²) >= 11 is 9.69. The Labute approximate surface area is 214 Å². The highest BCUT2D eigenvalue weighted by atomic mass is 79.9. The molecule has 0 unspecified atom stereocenters. The quantitative estimate of drug-likeness (QED) is 0.296. The van der Waals surface area contributed by atoms with Crippen LogP contribution in [0.2, 0.25) is 5.02 Å². The van der Waals surface area contributed by atoms with Gasteiger partial charge in [0.2, 0.25) is 0 Å². The van der Waals surface area contributed by atoms with Gasteiger partial charge in [-0.25, -0.2) is 4.79 Å². The van der Waals surface area contributed by atoms with Gasteiger partial charge in [-0.1, -0.05) is 45.7 Å². The van der Waals surface area contributed by atoms with Gasteiger partial charge in [-0.05, 0) is 48.9 Å². The van der Waals surface area contributed by atoms with Gasteiger partial charge < -0.3 is 13.9 Å². The second-order valence-electron chi connectivity index (χ2n) is 7.42. The third kappa shape index (κ3) is 5.58. The molecule has 180 valence electrons. The van der Waals surface area contributed by atoms with Crippen LogP contribution in [0.25, 0.3) is 6.08 Å². The van der Waals surface area contributed by atoms with Crippen LogP contribution in [0.1, 0.15) is 23.8 Å². The van der Waals surface area contributed by atoms with E-state index in [1.54, 1.807) is 30.3 Å². The lowest BCUT2D eigenvalue weighted by molar-refractivity contribution is -0.130. The van der Waals surface area contributed by atoms with Crippen LogP contribution in [0, 0.1) is 0 Å². The van der Waals surface area contributed by atoms with Crippen molar-refractivity contribution in [2.24, 2.45) is 0 Å². The Kier molecular flexibility index (Phi) is 7.57. The third-order valence-electron chi connectivity index (χ3n) is 5.08. The van der Waals surface area contributed by atoms with Gasteiger partial charge in [-0.2, -0.15) is 0 Å². The molecule has 8 nitrogen and oxygen atoms in total. The highest BCUT2D eigenvalue weighted by Gasteiger charge is 2.36. The molecule has 0 saturated carbocycles. The Bertz CT molecular complexity index is 1310. The molecule has 0 aliphatic carbocycles. The van der Waals surface area contributed by atoms with Gasteiger partial charge in [0.05, 0.1) is 19.4 Å². The van der Waals surface area contributed by atoms with Gasteiger partial charge >= 0.3 is 6.03 Å².